The van der Waals surface area contributed by atoms with Gasteiger partial charge in [0.05, 0.1) is 15.9 Å². The van der Waals surface area contributed by atoms with Gasteiger partial charge in [-0.25, -0.2) is 0 Å². The van der Waals surface area contributed by atoms with Crippen LogP contribution in [0.4, 0.5) is 0 Å². The van der Waals surface area contributed by atoms with Gasteiger partial charge in [-0.1, -0.05) is 45.7 Å². The van der Waals surface area contributed by atoms with Crippen LogP contribution in [0.25, 0.3) is 0 Å². The van der Waals surface area contributed by atoms with Gasteiger partial charge in [-0.15, -0.1) is 0 Å². The number of aryl methyl sites for hydroxylation is 2. The maximum atomic E-state index is 6.33. The molecule has 0 bridgehead atoms. The van der Waals surface area contributed by atoms with E-state index < -0.39 is 0 Å². The van der Waals surface area contributed by atoms with Crippen LogP contribution in [0.5, 0.6) is 0 Å². The van der Waals surface area contributed by atoms with Gasteiger partial charge < -0.3 is 0 Å². The minimum Gasteiger partial charge on any atom is -0.268 e. The predicted octanol–water partition coefficient (Wildman–Crippen LogP) is 5.35. The molecular weight excluding hydrogens is 403 g/mol. The zero-order chi connectivity index (χ0) is 14.7. The normalized spacial score (nSPS) is 12.7. The second kappa shape index (κ2) is 7.10. The molecule has 0 spiro atoms. The molecule has 0 amide bonds. The van der Waals surface area contributed by atoms with Crippen LogP contribution in [0.2, 0.25) is 5.02 Å². The SMILES string of the molecule is CCn1nc(C)c(Br)c1CC(CBr)c1ccccc1Cl. The zero-order valence-corrected chi connectivity index (χ0v) is 15.5. The Morgan fingerprint density at radius 1 is 1.35 bits per heavy atom. The van der Waals surface area contributed by atoms with Crippen molar-refractivity contribution in [3.05, 3.63) is 50.7 Å². The lowest BCUT2D eigenvalue weighted by atomic mass is 9.96. The highest BCUT2D eigenvalue weighted by atomic mass is 79.9. The molecule has 5 heteroatoms. The van der Waals surface area contributed by atoms with Crippen LogP contribution in [-0.2, 0) is 13.0 Å². The zero-order valence-electron chi connectivity index (χ0n) is 11.5. The van der Waals surface area contributed by atoms with Crippen LogP contribution in [-0.4, -0.2) is 15.1 Å². The number of halogens is 3. The van der Waals surface area contributed by atoms with Crippen molar-refractivity contribution in [2.24, 2.45) is 0 Å². The molecular formula is C15H17Br2ClN2. The number of benzene rings is 1. The molecule has 0 N–H and O–H groups in total. The van der Waals surface area contributed by atoms with E-state index >= 15 is 0 Å². The van der Waals surface area contributed by atoms with Crippen LogP contribution < -0.4 is 0 Å². The summed E-state index contributed by atoms with van der Waals surface area (Å²) in [6, 6.07) is 8.05. The summed E-state index contributed by atoms with van der Waals surface area (Å²) in [6.07, 6.45) is 0.907. The van der Waals surface area contributed by atoms with E-state index in [1.165, 1.54) is 11.3 Å². The summed E-state index contributed by atoms with van der Waals surface area (Å²) in [5, 5.41) is 6.25. The van der Waals surface area contributed by atoms with Crippen molar-refractivity contribution >= 4 is 43.5 Å². The summed E-state index contributed by atoms with van der Waals surface area (Å²) >= 11 is 13.6. The van der Waals surface area contributed by atoms with Crippen molar-refractivity contribution in [2.45, 2.75) is 32.7 Å². The Morgan fingerprint density at radius 2 is 2.05 bits per heavy atom. The first-order chi connectivity index (χ1) is 9.58. The third-order valence-electron chi connectivity index (χ3n) is 3.42. The van der Waals surface area contributed by atoms with Gasteiger partial charge in [0.1, 0.15) is 0 Å². The van der Waals surface area contributed by atoms with Crippen molar-refractivity contribution in [3.63, 3.8) is 0 Å². The van der Waals surface area contributed by atoms with Crippen LogP contribution in [0.3, 0.4) is 0 Å². The molecule has 2 nitrogen and oxygen atoms in total. The monoisotopic (exact) mass is 418 g/mol. The third-order valence-corrected chi connectivity index (χ3v) is 5.58. The predicted molar refractivity (Wildman–Crippen MR) is 92.0 cm³/mol. The molecule has 0 saturated carbocycles. The Bertz CT molecular complexity index is 596. The van der Waals surface area contributed by atoms with E-state index in [9.17, 15) is 0 Å². The standard InChI is InChI=1S/C15H17Br2ClN2/c1-3-20-14(15(17)10(2)19-20)8-11(9-16)12-6-4-5-7-13(12)18/h4-7,11H,3,8-9H2,1-2H3. The van der Waals surface area contributed by atoms with Crippen molar-refractivity contribution in [1.82, 2.24) is 9.78 Å². The van der Waals surface area contributed by atoms with E-state index in [1.54, 1.807) is 0 Å². The van der Waals surface area contributed by atoms with Crippen LogP contribution in [0.1, 0.15) is 29.8 Å². The lowest BCUT2D eigenvalue weighted by Crippen LogP contribution is -2.10. The summed E-state index contributed by atoms with van der Waals surface area (Å²) in [5.41, 5.74) is 3.45. The van der Waals surface area contributed by atoms with Crippen LogP contribution in [0, 0.1) is 6.92 Å². The second-order valence-corrected chi connectivity index (χ2v) is 6.59. The van der Waals surface area contributed by atoms with Crippen LogP contribution in [0.15, 0.2) is 28.7 Å². The van der Waals surface area contributed by atoms with Crippen molar-refractivity contribution < 1.29 is 0 Å². The molecule has 20 heavy (non-hydrogen) atoms. The van der Waals surface area contributed by atoms with Gasteiger partial charge in [-0.2, -0.15) is 5.10 Å². The van der Waals surface area contributed by atoms with E-state index in [-0.39, 0.29) is 0 Å². The molecule has 1 aromatic heterocycles. The molecule has 0 aliphatic rings. The van der Waals surface area contributed by atoms with E-state index in [2.05, 4.69) is 54.6 Å². The van der Waals surface area contributed by atoms with E-state index in [1.807, 2.05) is 25.1 Å². The molecule has 1 heterocycles. The first-order valence-corrected chi connectivity index (χ1v) is 8.89. The van der Waals surface area contributed by atoms with Gasteiger partial charge in [-0.05, 0) is 47.8 Å². The second-order valence-electron chi connectivity index (χ2n) is 4.74. The number of nitrogens with zero attached hydrogens (tertiary/aromatic N) is 2. The molecule has 0 fully saturated rings. The highest BCUT2D eigenvalue weighted by molar-refractivity contribution is 9.10. The molecule has 1 unspecified atom stereocenters. The fourth-order valence-electron chi connectivity index (χ4n) is 2.35. The topological polar surface area (TPSA) is 17.8 Å². The Morgan fingerprint density at radius 3 is 2.65 bits per heavy atom. The molecule has 108 valence electrons. The van der Waals surface area contributed by atoms with Gasteiger partial charge in [-0.3, -0.25) is 4.68 Å². The fourth-order valence-corrected chi connectivity index (χ4v) is 3.66. The average Bonchev–Trinajstić information content (AvgIpc) is 2.73. The lowest BCUT2D eigenvalue weighted by Gasteiger charge is -2.17. The fraction of sp³-hybridized carbons (Fsp3) is 0.400. The maximum absolute atomic E-state index is 6.33. The molecule has 0 radical (unpaired) electrons. The average molecular weight is 421 g/mol. The molecule has 0 aliphatic carbocycles. The smallest absolute Gasteiger partial charge is 0.0738 e. The highest BCUT2D eigenvalue weighted by Gasteiger charge is 2.19. The summed E-state index contributed by atoms with van der Waals surface area (Å²) < 4.78 is 3.17. The first-order valence-electron chi connectivity index (χ1n) is 6.60. The van der Waals surface area contributed by atoms with Gasteiger partial charge in [0.25, 0.3) is 0 Å². The first kappa shape index (κ1) is 16.1. The van der Waals surface area contributed by atoms with Gasteiger partial charge >= 0.3 is 0 Å². The molecule has 2 rings (SSSR count). The van der Waals surface area contributed by atoms with Gasteiger partial charge in [0, 0.05) is 22.8 Å². The van der Waals surface area contributed by atoms with Gasteiger partial charge in [0.2, 0.25) is 0 Å². The maximum Gasteiger partial charge on any atom is 0.0738 e. The number of hydrogen-bond donors (Lipinski definition) is 0. The summed E-state index contributed by atoms with van der Waals surface area (Å²) in [7, 11) is 0. The third kappa shape index (κ3) is 3.29. The summed E-state index contributed by atoms with van der Waals surface area (Å²) in [5.74, 6) is 0.335. The van der Waals surface area contributed by atoms with Crippen molar-refractivity contribution in [2.75, 3.05) is 5.33 Å². The summed E-state index contributed by atoms with van der Waals surface area (Å²) in [4.78, 5) is 0. The minimum atomic E-state index is 0.335. The molecule has 1 atom stereocenters. The Hall–Kier alpha value is -0.320. The largest absolute Gasteiger partial charge is 0.268 e. The number of hydrogen-bond acceptors (Lipinski definition) is 1. The highest BCUT2D eigenvalue weighted by Crippen LogP contribution is 2.32. The Kier molecular flexibility index (Phi) is 5.70. The van der Waals surface area contributed by atoms with Gasteiger partial charge in [0.15, 0.2) is 0 Å². The molecule has 2 aromatic rings. The van der Waals surface area contributed by atoms with Crippen molar-refractivity contribution in [3.8, 4) is 0 Å². The Balaban J connectivity index is 2.34. The number of rotatable bonds is 5. The lowest BCUT2D eigenvalue weighted by molar-refractivity contribution is 0.596. The quantitative estimate of drug-likeness (QED) is 0.597. The van der Waals surface area contributed by atoms with E-state index in [0.717, 1.165) is 33.5 Å². The van der Waals surface area contributed by atoms with Crippen LogP contribution >= 0.6 is 43.5 Å². The van der Waals surface area contributed by atoms with Crippen molar-refractivity contribution in [1.29, 1.82) is 0 Å². The number of aromatic nitrogens is 2. The van der Waals surface area contributed by atoms with E-state index in [0.29, 0.717) is 5.92 Å². The molecule has 0 aliphatic heterocycles. The Labute approximate surface area is 141 Å². The molecule has 1 aromatic carbocycles. The summed E-state index contributed by atoms with van der Waals surface area (Å²) in [6.45, 7) is 5.01. The number of alkyl halides is 1. The van der Waals surface area contributed by atoms with E-state index in [4.69, 9.17) is 11.6 Å². The molecule has 0 saturated heterocycles. The minimum absolute atomic E-state index is 0.335.